The minimum Gasteiger partial charge on any atom is -0.452 e. The Bertz CT molecular complexity index is 1360. The van der Waals surface area contributed by atoms with E-state index in [-0.39, 0.29) is 0 Å². The number of carbonyl (C=O) groups is 2. The number of aryl methyl sites for hydroxylation is 1. The van der Waals surface area contributed by atoms with Crippen LogP contribution in [0.2, 0.25) is 5.02 Å². The minimum atomic E-state index is -0.611. The third-order valence-corrected chi connectivity index (χ3v) is 5.63. The molecule has 1 aromatic heterocycles. The van der Waals surface area contributed by atoms with Crippen LogP contribution in [0.5, 0.6) is 0 Å². The van der Waals surface area contributed by atoms with Crippen molar-refractivity contribution in [2.24, 2.45) is 0 Å². The predicted molar refractivity (Wildman–Crippen MR) is 138 cm³/mol. The normalized spacial score (nSPS) is 11.2. The molecule has 1 heterocycles. The van der Waals surface area contributed by atoms with Crippen LogP contribution in [0.15, 0.2) is 84.9 Å². The van der Waals surface area contributed by atoms with Crippen LogP contribution in [-0.2, 0) is 14.3 Å². The maximum atomic E-state index is 13.0. The highest BCUT2D eigenvalue weighted by molar-refractivity contribution is 6.30. The Morgan fingerprint density at radius 2 is 1.57 bits per heavy atom. The molecule has 0 aliphatic heterocycles. The van der Waals surface area contributed by atoms with Crippen molar-refractivity contribution < 1.29 is 14.3 Å². The number of esters is 1. The molecule has 6 nitrogen and oxygen atoms in total. The van der Waals surface area contributed by atoms with Crippen LogP contribution in [0.4, 0.5) is 5.69 Å². The smallest absolute Gasteiger partial charge is 0.339 e. The van der Waals surface area contributed by atoms with Crippen molar-refractivity contribution in [1.29, 1.82) is 0 Å². The van der Waals surface area contributed by atoms with Crippen molar-refractivity contribution in [2.75, 3.05) is 11.9 Å². The van der Waals surface area contributed by atoms with Crippen LogP contribution in [0, 0.1) is 13.8 Å². The largest absolute Gasteiger partial charge is 0.452 e. The van der Waals surface area contributed by atoms with E-state index in [0.717, 1.165) is 16.9 Å². The number of hydrogen-bond donors (Lipinski definition) is 1. The summed E-state index contributed by atoms with van der Waals surface area (Å²) in [5, 5.41) is 7.91. The minimum absolute atomic E-state index is 0.324. The van der Waals surface area contributed by atoms with Gasteiger partial charge in [0.2, 0.25) is 0 Å². The van der Waals surface area contributed by atoms with Gasteiger partial charge in [0.05, 0.1) is 28.3 Å². The zero-order chi connectivity index (χ0) is 24.8. The lowest BCUT2D eigenvalue weighted by molar-refractivity contribution is -0.141. The molecule has 0 radical (unpaired) electrons. The maximum absolute atomic E-state index is 13.0. The summed E-state index contributed by atoms with van der Waals surface area (Å²) in [4.78, 5) is 25.7. The second-order valence-corrected chi connectivity index (χ2v) is 8.33. The molecular weight excluding hydrogens is 462 g/mol. The molecule has 4 rings (SSSR count). The van der Waals surface area contributed by atoms with Crippen molar-refractivity contribution in [2.45, 2.75) is 13.8 Å². The monoisotopic (exact) mass is 485 g/mol. The summed E-state index contributed by atoms with van der Waals surface area (Å²) >= 11 is 6.01. The standard InChI is InChI=1S/C28H24ClN3O3/c1-19-27(20(2)32(31-19)24-11-7-4-8-12-24)30-26(33)18-35-28(34)25(17-21-9-5-3-6-10-21)22-13-15-23(29)16-14-22/h3-17H,18H2,1-2H3,(H,30,33)/b25-17+. The van der Waals surface area contributed by atoms with Gasteiger partial charge >= 0.3 is 5.97 Å². The Morgan fingerprint density at radius 1 is 0.943 bits per heavy atom. The molecule has 3 aromatic carbocycles. The number of aromatic nitrogens is 2. The number of rotatable bonds is 7. The first kappa shape index (κ1) is 24.0. The quantitative estimate of drug-likeness (QED) is 0.202. The third kappa shape index (κ3) is 5.86. The van der Waals surface area contributed by atoms with Gasteiger partial charge in [0.25, 0.3) is 5.91 Å². The molecule has 1 amide bonds. The van der Waals surface area contributed by atoms with Gasteiger partial charge in [-0.15, -0.1) is 0 Å². The lowest BCUT2D eigenvalue weighted by Gasteiger charge is -2.10. The van der Waals surface area contributed by atoms with Crippen molar-refractivity contribution in [3.63, 3.8) is 0 Å². The van der Waals surface area contributed by atoms with Crippen LogP contribution >= 0.6 is 11.6 Å². The molecular formula is C28H24ClN3O3. The molecule has 176 valence electrons. The molecule has 0 unspecified atom stereocenters. The second-order valence-electron chi connectivity index (χ2n) is 7.89. The van der Waals surface area contributed by atoms with Crippen molar-refractivity contribution in [3.05, 3.63) is 112 Å². The molecule has 0 bridgehead atoms. The number of hydrogen-bond acceptors (Lipinski definition) is 4. The highest BCUT2D eigenvalue weighted by atomic mass is 35.5. The molecule has 0 saturated heterocycles. The summed E-state index contributed by atoms with van der Waals surface area (Å²) < 4.78 is 7.15. The van der Waals surface area contributed by atoms with Gasteiger partial charge in [-0.2, -0.15) is 5.10 Å². The van der Waals surface area contributed by atoms with Gasteiger partial charge < -0.3 is 10.1 Å². The van der Waals surface area contributed by atoms with Gasteiger partial charge in [-0.05, 0) is 55.3 Å². The number of nitrogens with one attached hydrogen (secondary N) is 1. The van der Waals surface area contributed by atoms with E-state index in [1.54, 1.807) is 35.0 Å². The van der Waals surface area contributed by atoms with Crippen LogP contribution in [-0.4, -0.2) is 28.3 Å². The Balaban J connectivity index is 1.48. The van der Waals surface area contributed by atoms with E-state index in [9.17, 15) is 9.59 Å². The van der Waals surface area contributed by atoms with Crippen LogP contribution in [0.25, 0.3) is 17.3 Å². The van der Waals surface area contributed by atoms with E-state index in [0.29, 0.717) is 27.5 Å². The van der Waals surface area contributed by atoms with E-state index in [4.69, 9.17) is 16.3 Å². The Kier molecular flexibility index (Phi) is 7.43. The average molecular weight is 486 g/mol. The summed E-state index contributed by atoms with van der Waals surface area (Å²) in [5.74, 6) is -1.06. The maximum Gasteiger partial charge on any atom is 0.339 e. The number of amides is 1. The Hall–Kier alpha value is -4.16. The number of nitrogens with zero attached hydrogens (tertiary/aromatic N) is 2. The fraction of sp³-hybridized carbons (Fsp3) is 0.107. The first-order chi connectivity index (χ1) is 16.9. The predicted octanol–water partition coefficient (Wildman–Crippen LogP) is 5.87. The van der Waals surface area contributed by atoms with Gasteiger partial charge in [-0.25, -0.2) is 9.48 Å². The Labute approximate surface area is 208 Å². The van der Waals surface area contributed by atoms with E-state index in [1.807, 2.05) is 74.5 Å². The Morgan fingerprint density at radius 3 is 2.23 bits per heavy atom. The van der Waals surface area contributed by atoms with Crippen molar-refractivity contribution in [1.82, 2.24) is 9.78 Å². The summed E-state index contributed by atoms with van der Waals surface area (Å²) in [6.45, 7) is 3.25. The number of anilines is 1. The first-order valence-electron chi connectivity index (χ1n) is 11.0. The van der Waals surface area contributed by atoms with Crippen LogP contribution in [0.3, 0.4) is 0 Å². The molecule has 4 aromatic rings. The van der Waals surface area contributed by atoms with Crippen LogP contribution in [0.1, 0.15) is 22.5 Å². The van der Waals surface area contributed by atoms with E-state index in [1.165, 1.54) is 0 Å². The fourth-order valence-corrected chi connectivity index (χ4v) is 3.76. The van der Waals surface area contributed by atoms with E-state index < -0.39 is 18.5 Å². The lowest BCUT2D eigenvalue weighted by Crippen LogP contribution is -2.22. The number of ether oxygens (including phenoxy) is 1. The number of benzene rings is 3. The highest BCUT2D eigenvalue weighted by Gasteiger charge is 2.19. The first-order valence-corrected chi connectivity index (χ1v) is 11.4. The average Bonchev–Trinajstić information content (AvgIpc) is 3.16. The van der Waals surface area contributed by atoms with E-state index in [2.05, 4.69) is 10.4 Å². The van der Waals surface area contributed by atoms with Gasteiger partial charge in [-0.1, -0.05) is 72.3 Å². The lowest BCUT2D eigenvalue weighted by atomic mass is 10.0. The molecule has 0 saturated carbocycles. The van der Waals surface area contributed by atoms with Crippen LogP contribution < -0.4 is 5.32 Å². The molecule has 0 atom stereocenters. The molecule has 35 heavy (non-hydrogen) atoms. The van der Waals surface area contributed by atoms with Gasteiger partial charge in [-0.3, -0.25) is 4.79 Å². The summed E-state index contributed by atoms with van der Waals surface area (Å²) in [5.41, 5.74) is 4.71. The summed E-state index contributed by atoms with van der Waals surface area (Å²) in [6, 6.07) is 25.9. The van der Waals surface area contributed by atoms with Crippen molar-refractivity contribution >= 4 is 40.8 Å². The molecule has 0 aliphatic rings. The summed E-state index contributed by atoms with van der Waals surface area (Å²) in [6.07, 6.45) is 1.72. The zero-order valence-corrected chi connectivity index (χ0v) is 20.1. The molecule has 0 spiro atoms. The third-order valence-electron chi connectivity index (χ3n) is 5.38. The molecule has 0 fully saturated rings. The fourth-order valence-electron chi connectivity index (χ4n) is 3.63. The van der Waals surface area contributed by atoms with Gasteiger partial charge in [0.1, 0.15) is 0 Å². The molecule has 7 heteroatoms. The number of carbonyl (C=O) groups excluding carboxylic acids is 2. The SMILES string of the molecule is Cc1nn(-c2ccccc2)c(C)c1NC(=O)COC(=O)/C(=C/c1ccccc1)c1ccc(Cl)cc1. The summed E-state index contributed by atoms with van der Waals surface area (Å²) in [7, 11) is 0. The molecule has 1 N–H and O–H groups in total. The van der Waals surface area contributed by atoms with Gasteiger partial charge in [0, 0.05) is 5.02 Å². The number of para-hydroxylation sites is 1. The highest BCUT2D eigenvalue weighted by Crippen LogP contribution is 2.24. The zero-order valence-electron chi connectivity index (χ0n) is 19.4. The van der Waals surface area contributed by atoms with Crippen molar-refractivity contribution in [3.8, 4) is 5.69 Å². The second kappa shape index (κ2) is 10.8. The molecule has 0 aliphatic carbocycles. The number of halogens is 1. The van der Waals surface area contributed by atoms with E-state index >= 15 is 0 Å². The topological polar surface area (TPSA) is 73.2 Å². The van der Waals surface area contributed by atoms with Gasteiger partial charge in [0.15, 0.2) is 6.61 Å².